The Bertz CT molecular complexity index is 587. The van der Waals surface area contributed by atoms with Gasteiger partial charge in [0.05, 0.1) is 12.7 Å². The molecule has 3 heterocycles. The lowest BCUT2D eigenvalue weighted by Crippen LogP contribution is -2.43. The van der Waals surface area contributed by atoms with Crippen LogP contribution >= 0.6 is 0 Å². The van der Waals surface area contributed by atoms with Crippen molar-refractivity contribution in [1.82, 2.24) is 24.9 Å². The molecule has 0 bridgehead atoms. The first-order valence-corrected chi connectivity index (χ1v) is 10.3. The maximum Gasteiger partial charge on any atom is 0.193 e. The molecule has 2 saturated heterocycles. The summed E-state index contributed by atoms with van der Waals surface area (Å²) in [5, 5.41) is 7.86. The number of guanidine groups is 1. The van der Waals surface area contributed by atoms with Gasteiger partial charge >= 0.3 is 0 Å². The molecule has 2 fully saturated rings. The molecule has 3 rings (SSSR count). The van der Waals surface area contributed by atoms with Crippen LogP contribution in [0.1, 0.15) is 51.5 Å². The maximum absolute atomic E-state index is 5.06. The highest BCUT2D eigenvalue weighted by Crippen LogP contribution is 2.27. The van der Waals surface area contributed by atoms with Crippen molar-refractivity contribution in [2.75, 3.05) is 39.3 Å². The van der Waals surface area contributed by atoms with Gasteiger partial charge in [0.2, 0.25) is 0 Å². The Morgan fingerprint density at radius 2 is 2.08 bits per heavy atom. The molecule has 0 amide bonds. The van der Waals surface area contributed by atoms with Crippen molar-refractivity contribution in [2.24, 2.45) is 18.0 Å². The Morgan fingerprint density at radius 1 is 1.31 bits per heavy atom. The zero-order chi connectivity index (χ0) is 18.5. The van der Waals surface area contributed by atoms with Gasteiger partial charge in [-0.3, -0.25) is 14.6 Å². The van der Waals surface area contributed by atoms with Gasteiger partial charge in [0.15, 0.2) is 5.96 Å². The number of hydrogen-bond acceptors (Lipinski definition) is 3. The summed E-state index contributed by atoms with van der Waals surface area (Å²) in [5.41, 5.74) is 1.35. The number of aliphatic imine (C=N–C) groups is 1. The van der Waals surface area contributed by atoms with E-state index in [9.17, 15) is 0 Å². The Labute approximate surface area is 158 Å². The van der Waals surface area contributed by atoms with Crippen LogP contribution in [0.5, 0.6) is 0 Å². The number of nitrogens with zero attached hydrogens (tertiary/aromatic N) is 5. The summed E-state index contributed by atoms with van der Waals surface area (Å²) in [6.07, 6.45) is 8.02. The summed E-state index contributed by atoms with van der Waals surface area (Å²) in [5.74, 6) is 2.29. The molecular weight excluding hydrogens is 324 g/mol. The van der Waals surface area contributed by atoms with Gasteiger partial charge in [-0.2, -0.15) is 5.10 Å². The Morgan fingerprint density at radius 3 is 2.69 bits per heavy atom. The average Bonchev–Trinajstić information content (AvgIpc) is 3.35. The molecule has 1 aromatic heterocycles. The fourth-order valence-corrected chi connectivity index (χ4v) is 4.30. The second-order valence-corrected chi connectivity index (χ2v) is 8.13. The number of hydrogen-bond donors (Lipinski definition) is 1. The molecular formula is C20H36N6. The molecule has 6 nitrogen and oxygen atoms in total. The zero-order valence-electron chi connectivity index (χ0n) is 17.0. The zero-order valence-corrected chi connectivity index (χ0v) is 17.0. The maximum atomic E-state index is 5.06. The minimum absolute atomic E-state index is 0.558. The van der Waals surface area contributed by atoms with E-state index in [0.29, 0.717) is 17.9 Å². The van der Waals surface area contributed by atoms with Gasteiger partial charge in [-0.05, 0) is 50.8 Å². The Hall–Kier alpha value is -1.56. The monoisotopic (exact) mass is 360 g/mol. The molecule has 0 saturated carbocycles. The Balaban J connectivity index is 1.65. The standard InChI is InChI=1S/C20H36N6/c1-5-21-20(22-13-19(16(2)3)25-9-6-7-10-25)26-11-8-17(15-26)18-12-23-24(4)14-18/h12,14,16-17,19H,5-11,13,15H2,1-4H3,(H,21,22). The van der Waals surface area contributed by atoms with Crippen LogP contribution in [0.3, 0.4) is 0 Å². The summed E-state index contributed by atoms with van der Waals surface area (Å²) in [6, 6.07) is 0.558. The first-order valence-electron chi connectivity index (χ1n) is 10.3. The van der Waals surface area contributed by atoms with Crippen LogP contribution in [0.4, 0.5) is 0 Å². The molecule has 2 atom stereocenters. The normalized spacial score (nSPS) is 23.2. The lowest BCUT2D eigenvalue weighted by atomic mass is 10.0. The summed E-state index contributed by atoms with van der Waals surface area (Å²) >= 11 is 0. The third-order valence-corrected chi connectivity index (χ3v) is 5.83. The fraction of sp³-hybridized carbons (Fsp3) is 0.800. The average molecular weight is 361 g/mol. The summed E-state index contributed by atoms with van der Waals surface area (Å²) in [7, 11) is 1.99. The molecule has 1 N–H and O–H groups in total. The highest BCUT2D eigenvalue weighted by Gasteiger charge is 2.28. The smallest absolute Gasteiger partial charge is 0.193 e. The van der Waals surface area contributed by atoms with Crippen molar-refractivity contribution in [2.45, 2.75) is 52.0 Å². The molecule has 0 aliphatic carbocycles. The molecule has 0 spiro atoms. The third kappa shape index (κ3) is 4.58. The van der Waals surface area contributed by atoms with E-state index in [1.807, 2.05) is 17.9 Å². The summed E-state index contributed by atoms with van der Waals surface area (Å²) in [4.78, 5) is 10.1. The number of aryl methyl sites for hydroxylation is 1. The summed E-state index contributed by atoms with van der Waals surface area (Å²) < 4.78 is 1.90. The summed E-state index contributed by atoms with van der Waals surface area (Å²) in [6.45, 7) is 13.2. The van der Waals surface area contributed by atoms with Crippen molar-refractivity contribution in [3.63, 3.8) is 0 Å². The van der Waals surface area contributed by atoms with E-state index in [2.05, 4.69) is 47.2 Å². The van der Waals surface area contributed by atoms with Gasteiger partial charge in [0, 0.05) is 44.8 Å². The van der Waals surface area contributed by atoms with Crippen molar-refractivity contribution in [3.8, 4) is 0 Å². The van der Waals surface area contributed by atoms with E-state index in [1.165, 1.54) is 37.9 Å². The fourth-order valence-electron chi connectivity index (χ4n) is 4.30. The number of rotatable bonds is 6. The molecule has 2 aliphatic rings. The molecule has 6 heteroatoms. The second kappa shape index (κ2) is 8.89. The van der Waals surface area contributed by atoms with Crippen molar-refractivity contribution in [1.29, 1.82) is 0 Å². The predicted octanol–water partition coefficient (Wildman–Crippen LogP) is 2.30. The molecule has 2 aliphatic heterocycles. The third-order valence-electron chi connectivity index (χ3n) is 5.83. The van der Waals surface area contributed by atoms with Gasteiger partial charge in [-0.25, -0.2) is 0 Å². The minimum atomic E-state index is 0.558. The number of aromatic nitrogens is 2. The first kappa shape index (κ1) is 19.2. The predicted molar refractivity (Wildman–Crippen MR) is 108 cm³/mol. The molecule has 26 heavy (non-hydrogen) atoms. The van der Waals surface area contributed by atoms with Crippen LogP contribution in [-0.2, 0) is 7.05 Å². The van der Waals surface area contributed by atoms with Crippen LogP contribution in [0.2, 0.25) is 0 Å². The van der Waals surface area contributed by atoms with Crippen molar-refractivity contribution >= 4 is 5.96 Å². The lowest BCUT2D eigenvalue weighted by molar-refractivity contribution is 0.197. The lowest BCUT2D eigenvalue weighted by Gasteiger charge is -2.30. The van der Waals surface area contributed by atoms with Gasteiger partial charge in [-0.1, -0.05) is 13.8 Å². The number of likely N-dealkylation sites (tertiary alicyclic amines) is 2. The SMILES string of the molecule is CCNC(=NCC(C(C)C)N1CCCC1)N1CCC(c2cnn(C)c2)C1. The number of nitrogens with one attached hydrogen (secondary N) is 1. The van der Waals surface area contributed by atoms with Crippen LogP contribution in [-0.4, -0.2) is 70.9 Å². The second-order valence-electron chi connectivity index (χ2n) is 8.13. The van der Waals surface area contributed by atoms with E-state index >= 15 is 0 Å². The largest absolute Gasteiger partial charge is 0.357 e. The molecule has 146 valence electrons. The van der Waals surface area contributed by atoms with Crippen molar-refractivity contribution in [3.05, 3.63) is 18.0 Å². The van der Waals surface area contributed by atoms with Crippen LogP contribution in [0, 0.1) is 5.92 Å². The highest BCUT2D eigenvalue weighted by atomic mass is 15.3. The highest BCUT2D eigenvalue weighted by molar-refractivity contribution is 5.80. The van der Waals surface area contributed by atoms with Gasteiger partial charge in [-0.15, -0.1) is 0 Å². The molecule has 1 aromatic rings. The van der Waals surface area contributed by atoms with Crippen LogP contribution in [0.15, 0.2) is 17.4 Å². The minimum Gasteiger partial charge on any atom is -0.357 e. The van der Waals surface area contributed by atoms with Gasteiger partial charge < -0.3 is 10.2 Å². The Kier molecular flexibility index (Phi) is 6.57. The van der Waals surface area contributed by atoms with E-state index in [0.717, 1.165) is 32.1 Å². The molecule has 2 unspecified atom stereocenters. The van der Waals surface area contributed by atoms with Crippen LogP contribution in [0.25, 0.3) is 0 Å². The molecule has 0 aromatic carbocycles. The van der Waals surface area contributed by atoms with E-state index in [1.54, 1.807) is 0 Å². The topological polar surface area (TPSA) is 48.7 Å². The quantitative estimate of drug-likeness (QED) is 0.625. The van der Waals surface area contributed by atoms with E-state index < -0.39 is 0 Å². The van der Waals surface area contributed by atoms with Gasteiger partial charge in [0.25, 0.3) is 0 Å². The van der Waals surface area contributed by atoms with E-state index in [-0.39, 0.29) is 0 Å². The first-order chi connectivity index (χ1) is 12.6. The van der Waals surface area contributed by atoms with Crippen LogP contribution < -0.4 is 5.32 Å². The van der Waals surface area contributed by atoms with Crippen molar-refractivity contribution < 1.29 is 0 Å². The molecule has 0 radical (unpaired) electrons. The van der Waals surface area contributed by atoms with E-state index in [4.69, 9.17) is 4.99 Å². The van der Waals surface area contributed by atoms with Gasteiger partial charge in [0.1, 0.15) is 0 Å².